The van der Waals surface area contributed by atoms with Gasteiger partial charge in [-0.05, 0) is 123 Å². The summed E-state index contributed by atoms with van der Waals surface area (Å²) in [6.07, 6.45) is 12.1. The van der Waals surface area contributed by atoms with Crippen LogP contribution in [0.15, 0.2) is 180 Å². The van der Waals surface area contributed by atoms with Crippen molar-refractivity contribution in [3.63, 3.8) is 0 Å². The van der Waals surface area contributed by atoms with E-state index in [2.05, 4.69) is 72.2 Å². The molecule has 106 heavy (non-hydrogen) atoms. The van der Waals surface area contributed by atoms with E-state index in [-0.39, 0.29) is 44.1 Å². The number of halogens is 3. The predicted molar refractivity (Wildman–Crippen MR) is 400 cm³/mol. The minimum atomic E-state index is -1.18. The second-order valence-electron chi connectivity index (χ2n) is 25.7. The maximum absolute atomic E-state index is 13.7. The summed E-state index contributed by atoms with van der Waals surface area (Å²) in [5.41, 5.74) is 7.78. The molecule has 4 aromatic carbocycles. The Balaban J connectivity index is 0.000000132. The maximum Gasteiger partial charge on any atom is 0.230 e. The normalized spacial score (nSPS) is 17.7. The van der Waals surface area contributed by atoms with E-state index >= 15 is 0 Å². The van der Waals surface area contributed by atoms with Crippen molar-refractivity contribution in [2.45, 2.75) is 105 Å². The van der Waals surface area contributed by atoms with E-state index in [9.17, 15) is 25.8 Å². The Morgan fingerprint density at radius 2 is 0.849 bits per heavy atom. The molecule has 6 aliphatic heterocycles. The SMILES string of the molecule is C.C.O=S1CCc2nc(N3CCC(c4cc(-c5ccco5)n[nH]4)CC3)nc(Nc3cccc(F)c3)c21.O=S1CCc2nc(N3CCC(c4nc(-c5ccccc5)no4)CC3)nc(Nc3cccc(F)c3)c21.O=S1CCc2nc(N3CCC(c4nc(-c5ccncc5)no4)CC3)nc(Nc3cccc(F)c3)c21. The second kappa shape index (κ2) is 32.2. The Morgan fingerprint density at radius 1 is 0.443 bits per heavy atom. The third kappa shape index (κ3) is 16.0. The van der Waals surface area contributed by atoms with Crippen LogP contribution in [-0.4, -0.2) is 135 Å². The fraction of sp³-hybridized carbons (Fsp3) is 0.307. The first kappa shape index (κ1) is 72.0. The number of anilines is 9. The summed E-state index contributed by atoms with van der Waals surface area (Å²) in [6, 6.07) is 37.8. The van der Waals surface area contributed by atoms with E-state index < -0.39 is 32.4 Å². The fourth-order valence-electron chi connectivity index (χ4n) is 13.6. The van der Waals surface area contributed by atoms with Crippen molar-refractivity contribution in [3.05, 3.63) is 204 Å². The molecule has 3 saturated heterocycles. The molecule has 0 saturated carbocycles. The van der Waals surface area contributed by atoms with Gasteiger partial charge in [0.1, 0.15) is 37.8 Å². The minimum absolute atomic E-state index is 0. The van der Waals surface area contributed by atoms with Crippen molar-refractivity contribution in [2.75, 3.05) is 87.2 Å². The van der Waals surface area contributed by atoms with Crippen LogP contribution in [0, 0.1) is 17.5 Å². The molecule has 0 amide bonds. The van der Waals surface area contributed by atoms with Gasteiger partial charge in [0.25, 0.3) is 0 Å². The lowest BCUT2D eigenvalue weighted by molar-refractivity contribution is 0.329. The van der Waals surface area contributed by atoms with Crippen LogP contribution < -0.4 is 30.7 Å². The third-order valence-electron chi connectivity index (χ3n) is 19.0. The molecule has 12 aromatic rings. The van der Waals surface area contributed by atoms with Crippen molar-refractivity contribution in [1.82, 2.24) is 65.4 Å². The molecule has 0 radical (unpaired) electrons. The van der Waals surface area contributed by atoms with Crippen molar-refractivity contribution >= 4 is 84.8 Å². The van der Waals surface area contributed by atoms with Gasteiger partial charge in [-0.2, -0.15) is 30.0 Å². The lowest BCUT2D eigenvalue weighted by Gasteiger charge is -2.32. The van der Waals surface area contributed by atoms with Gasteiger partial charge in [-0.15, -0.1) is 0 Å². The molecule has 3 atom stereocenters. The molecule has 0 spiro atoms. The molecule has 546 valence electrons. The minimum Gasteiger partial charge on any atom is -0.463 e. The lowest BCUT2D eigenvalue weighted by Crippen LogP contribution is -2.34. The standard InChI is InChI=1S/C25H23FN6O2S.C24H22FN7O2S.C24H23FN6O2S.2CH4/c26-18-7-4-8-19(15-18)27-23-21-20(11-14-35(21)33)28-25(30-23)32-12-9-17(10-13-32)24-29-22(31-34-24)16-5-2-1-3-6-16;25-17-2-1-3-18(14-17)27-22-20-19(8-13-35(20)33)28-24(30-22)32-11-6-16(7-12-32)23-29-21(31-34-23)15-4-9-26-10-5-15;25-16-3-1-4-17(13-16)26-23-22-18(8-12-34(22)32)27-24(28-23)31-9-6-15(7-10-31)19-14-20(30-29-19)21-5-2-11-33-21;;/h1-8,15,17H,9-14H2,(H,27,28,30);1-5,9-10,14,16H,6-8,11-13H2,(H,27,28,30);1-5,11,13-15H,6-10,12H2,(H,29,30)(H,26,27,28);2*1H4. The number of aryl methyl sites for hydroxylation is 3. The summed E-state index contributed by atoms with van der Waals surface area (Å²) in [5.74, 6) is 7.69. The van der Waals surface area contributed by atoms with Gasteiger partial charge in [0.15, 0.2) is 23.2 Å². The molecule has 14 heterocycles. The molecule has 18 rings (SSSR count). The number of hydrogen-bond donors (Lipinski definition) is 4. The maximum atomic E-state index is 13.7. The molecule has 8 aromatic heterocycles. The zero-order valence-corrected chi connectivity index (χ0v) is 58.4. The Kier molecular flexibility index (Phi) is 21.9. The van der Waals surface area contributed by atoms with Gasteiger partial charge in [-0.3, -0.25) is 22.7 Å². The van der Waals surface area contributed by atoms with E-state index in [1.54, 1.807) is 55.1 Å². The number of piperidine rings is 3. The number of aromatic nitrogens is 13. The van der Waals surface area contributed by atoms with Crippen molar-refractivity contribution < 1.29 is 39.3 Å². The van der Waals surface area contributed by atoms with Gasteiger partial charge in [-0.25, -0.2) is 28.1 Å². The van der Waals surface area contributed by atoms with Crippen molar-refractivity contribution in [3.8, 4) is 34.2 Å². The molecule has 6 aliphatic rings. The van der Waals surface area contributed by atoms with Gasteiger partial charge in [0, 0.05) is 140 Å². The van der Waals surface area contributed by atoms with E-state index in [1.165, 1.54) is 36.4 Å². The Labute approximate surface area is 616 Å². The van der Waals surface area contributed by atoms with Crippen LogP contribution in [0.2, 0.25) is 0 Å². The molecule has 3 fully saturated rings. The number of benzene rings is 4. The highest BCUT2D eigenvalue weighted by Crippen LogP contribution is 2.40. The molecular formula is C75H76F3N19O6S3. The van der Waals surface area contributed by atoms with E-state index in [1.807, 2.05) is 54.6 Å². The number of aromatic amines is 1. The van der Waals surface area contributed by atoms with Crippen molar-refractivity contribution in [1.29, 1.82) is 0 Å². The monoisotopic (exact) mass is 1490 g/mol. The van der Waals surface area contributed by atoms with Crippen LogP contribution >= 0.6 is 0 Å². The summed E-state index contributed by atoms with van der Waals surface area (Å²) in [5, 5.41) is 25.3. The zero-order valence-electron chi connectivity index (χ0n) is 55.9. The Morgan fingerprint density at radius 3 is 1.25 bits per heavy atom. The van der Waals surface area contributed by atoms with E-state index in [0.717, 1.165) is 123 Å². The first-order valence-electron chi connectivity index (χ1n) is 34.3. The molecule has 25 nitrogen and oxygen atoms in total. The van der Waals surface area contributed by atoms with Crippen LogP contribution in [0.5, 0.6) is 0 Å². The first-order valence-corrected chi connectivity index (χ1v) is 38.3. The third-order valence-corrected chi connectivity index (χ3v) is 23.4. The molecule has 3 unspecified atom stereocenters. The van der Waals surface area contributed by atoms with E-state index in [4.69, 9.17) is 43.4 Å². The highest BCUT2D eigenvalue weighted by molar-refractivity contribution is 7.86. The first-order chi connectivity index (χ1) is 50.9. The van der Waals surface area contributed by atoms with Crippen LogP contribution in [-0.2, 0) is 51.7 Å². The molecule has 31 heteroatoms. The van der Waals surface area contributed by atoms with Crippen LogP contribution in [0.1, 0.15) is 106 Å². The largest absolute Gasteiger partial charge is 0.463 e. The smallest absolute Gasteiger partial charge is 0.230 e. The Hall–Kier alpha value is -10.9. The summed E-state index contributed by atoms with van der Waals surface area (Å²) < 4.78 is 95.5. The van der Waals surface area contributed by atoms with Crippen LogP contribution in [0.3, 0.4) is 0 Å². The zero-order chi connectivity index (χ0) is 70.6. The van der Waals surface area contributed by atoms with Gasteiger partial charge in [0.2, 0.25) is 41.3 Å². The summed E-state index contributed by atoms with van der Waals surface area (Å²) in [6.45, 7) is 4.49. The van der Waals surface area contributed by atoms with Gasteiger partial charge in [-0.1, -0.05) is 73.7 Å². The highest BCUT2D eigenvalue weighted by atomic mass is 32.2. The number of furan rings is 1. The van der Waals surface area contributed by atoms with Gasteiger partial charge >= 0.3 is 0 Å². The molecule has 0 aliphatic carbocycles. The molecule has 4 N–H and O–H groups in total. The van der Waals surface area contributed by atoms with Crippen LogP contribution in [0.4, 0.5) is 65.5 Å². The van der Waals surface area contributed by atoms with Gasteiger partial charge < -0.3 is 44.1 Å². The number of rotatable bonds is 15. The molecular weight excluding hydrogens is 1420 g/mol. The average molecular weight is 1490 g/mol. The molecule has 0 bridgehead atoms. The van der Waals surface area contributed by atoms with E-state index in [0.29, 0.717) is 133 Å². The number of nitrogens with one attached hydrogen (secondary N) is 4. The number of nitrogens with zero attached hydrogens (tertiary/aromatic N) is 15. The number of fused-ring (bicyclic) bond motifs is 3. The average Bonchev–Trinajstić information content (AvgIpc) is 1.41. The van der Waals surface area contributed by atoms with Crippen LogP contribution in [0.25, 0.3) is 34.2 Å². The number of pyridine rings is 1. The predicted octanol–water partition coefficient (Wildman–Crippen LogP) is 14.0. The topological polar surface area (TPSA) is 307 Å². The highest BCUT2D eigenvalue weighted by Gasteiger charge is 2.35. The number of H-pyrrole nitrogens is 1. The summed E-state index contributed by atoms with van der Waals surface area (Å²) in [4.78, 5) is 49.9. The Bertz CT molecular complexity index is 4920. The fourth-order valence-corrected chi connectivity index (χ4v) is 17.5. The van der Waals surface area contributed by atoms with Gasteiger partial charge in [0.05, 0.1) is 55.7 Å². The summed E-state index contributed by atoms with van der Waals surface area (Å²) >= 11 is 0. The lowest BCUT2D eigenvalue weighted by atomic mass is 9.93. The summed E-state index contributed by atoms with van der Waals surface area (Å²) in [7, 11) is -3.51. The second-order valence-corrected chi connectivity index (χ2v) is 30.3. The quantitative estimate of drug-likeness (QED) is 0.0741. The van der Waals surface area contributed by atoms with Crippen molar-refractivity contribution in [2.24, 2.45) is 0 Å². The number of hydrogen-bond acceptors (Lipinski definition) is 24.